The van der Waals surface area contributed by atoms with Crippen LogP contribution in [0.25, 0.3) is 0 Å². The molecule has 0 fully saturated rings. The number of anilines is 1. The number of pyridine rings is 1. The third kappa shape index (κ3) is 4.73. The number of nitrogens with zero attached hydrogens (tertiary/aromatic N) is 2. The van der Waals surface area contributed by atoms with E-state index in [0.29, 0.717) is 5.69 Å². The van der Waals surface area contributed by atoms with Crippen LogP contribution in [0.3, 0.4) is 0 Å². The second kappa shape index (κ2) is 7.74. The molecular formula is C20H22N4OS. The van der Waals surface area contributed by atoms with Gasteiger partial charge in [0.25, 0.3) is 5.91 Å². The first-order chi connectivity index (χ1) is 12.4. The second-order valence-corrected chi connectivity index (χ2v) is 8.09. The van der Waals surface area contributed by atoms with Crippen LogP contribution in [0.5, 0.6) is 0 Å². The predicted octanol–water partition coefficient (Wildman–Crippen LogP) is 4.65. The van der Waals surface area contributed by atoms with E-state index in [1.165, 1.54) is 5.56 Å². The highest BCUT2D eigenvalue weighted by Gasteiger charge is 2.19. The van der Waals surface area contributed by atoms with Crippen LogP contribution in [-0.2, 0) is 11.2 Å². The normalized spacial score (nSPS) is 11.3. The molecule has 0 radical (unpaired) electrons. The van der Waals surface area contributed by atoms with Crippen molar-refractivity contribution in [3.05, 3.63) is 71.8 Å². The van der Waals surface area contributed by atoms with E-state index in [4.69, 9.17) is 0 Å². The molecule has 0 aliphatic rings. The Morgan fingerprint density at radius 3 is 2.58 bits per heavy atom. The van der Waals surface area contributed by atoms with Crippen molar-refractivity contribution in [3.8, 4) is 0 Å². The number of carbonyl (C=O) groups excluding carboxylic acids is 1. The first-order valence-corrected chi connectivity index (χ1v) is 9.39. The van der Waals surface area contributed by atoms with E-state index in [-0.39, 0.29) is 11.3 Å². The highest BCUT2D eigenvalue weighted by molar-refractivity contribution is 7.98. The van der Waals surface area contributed by atoms with E-state index in [2.05, 4.69) is 47.3 Å². The van der Waals surface area contributed by atoms with E-state index in [9.17, 15) is 4.79 Å². The zero-order chi connectivity index (χ0) is 18.6. The lowest BCUT2D eigenvalue weighted by atomic mass is 9.92. The molecule has 0 aliphatic carbocycles. The molecule has 0 atom stereocenters. The Kier molecular flexibility index (Phi) is 5.42. The van der Waals surface area contributed by atoms with Gasteiger partial charge in [-0.15, -0.1) is 11.8 Å². The molecule has 1 amide bonds. The Labute approximate surface area is 157 Å². The lowest BCUT2D eigenvalue weighted by molar-refractivity contribution is 0.102. The lowest BCUT2D eigenvalue weighted by Gasteiger charge is -2.14. The van der Waals surface area contributed by atoms with Gasteiger partial charge in [0.1, 0.15) is 0 Å². The summed E-state index contributed by atoms with van der Waals surface area (Å²) >= 11 is 1.73. The summed E-state index contributed by atoms with van der Waals surface area (Å²) in [5, 5.41) is 9.93. The van der Waals surface area contributed by atoms with Crippen molar-refractivity contribution in [2.45, 2.75) is 36.8 Å². The van der Waals surface area contributed by atoms with Crippen LogP contribution >= 0.6 is 11.8 Å². The molecule has 0 saturated heterocycles. The molecule has 0 bridgehead atoms. The van der Waals surface area contributed by atoms with Crippen LogP contribution in [0.15, 0.2) is 59.8 Å². The average molecular weight is 366 g/mol. The largest absolute Gasteiger partial charge is 0.321 e. The molecule has 0 spiro atoms. The number of thioether (sulfide) groups is 1. The van der Waals surface area contributed by atoms with Crippen molar-refractivity contribution in [1.82, 2.24) is 15.2 Å². The summed E-state index contributed by atoms with van der Waals surface area (Å²) in [6.07, 6.45) is 3.65. The molecule has 3 aromatic rings. The van der Waals surface area contributed by atoms with Gasteiger partial charge in [-0.25, -0.2) is 0 Å². The number of nitrogens with one attached hydrogen (secondary N) is 2. The Balaban J connectivity index is 1.58. The number of carbonyl (C=O) groups is 1. The van der Waals surface area contributed by atoms with Crippen LogP contribution in [0.1, 0.15) is 42.5 Å². The van der Waals surface area contributed by atoms with E-state index in [1.54, 1.807) is 24.0 Å². The lowest BCUT2D eigenvalue weighted by Crippen LogP contribution is -2.13. The van der Waals surface area contributed by atoms with E-state index < -0.39 is 0 Å². The molecule has 2 heterocycles. The Morgan fingerprint density at radius 1 is 1.19 bits per heavy atom. The molecule has 6 heteroatoms. The van der Waals surface area contributed by atoms with Crippen molar-refractivity contribution in [2.75, 3.05) is 5.32 Å². The molecule has 0 aliphatic heterocycles. The third-order valence-corrected chi connectivity index (χ3v) is 4.94. The summed E-state index contributed by atoms with van der Waals surface area (Å²) in [4.78, 5) is 17.6. The summed E-state index contributed by atoms with van der Waals surface area (Å²) in [5.74, 6) is 0.648. The molecule has 0 saturated carbocycles. The van der Waals surface area contributed by atoms with E-state index in [0.717, 1.165) is 22.0 Å². The van der Waals surface area contributed by atoms with Crippen molar-refractivity contribution >= 4 is 23.4 Å². The van der Waals surface area contributed by atoms with Gasteiger partial charge in [-0.1, -0.05) is 26.8 Å². The van der Waals surface area contributed by atoms with Crippen molar-refractivity contribution < 1.29 is 4.79 Å². The maximum Gasteiger partial charge on any atom is 0.276 e. The smallest absolute Gasteiger partial charge is 0.276 e. The van der Waals surface area contributed by atoms with Gasteiger partial charge < -0.3 is 5.32 Å². The highest BCUT2D eigenvalue weighted by Crippen LogP contribution is 2.24. The van der Waals surface area contributed by atoms with Crippen LogP contribution < -0.4 is 5.32 Å². The van der Waals surface area contributed by atoms with Crippen LogP contribution in [-0.4, -0.2) is 21.1 Å². The minimum atomic E-state index is -0.215. The molecule has 0 unspecified atom stereocenters. The number of aromatic nitrogens is 3. The van der Waals surface area contributed by atoms with Crippen molar-refractivity contribution in [2.24, 2.45) is 0 Å². The number of hydrogen-bond acceptors (Lipinski definition) is 4. The number of benzene rings is 1. The van der Waals surface area contributed by atoms with Gasteiger partial charge >= 0.3 is 0 Å². The maximum atomic E-state index is 12.3. The summed E-state index contributed by atoms with van der Waals surface area (Å²) in [6, 6.07) is 13.6. The fourth-order valence-corrected chi connectivity index (χ4v) is 3.13. The van der Waals surface area contributed by atoms with Crippen LogP contribution in [0.2, 0.25) is 0 Å². The summed E-state index contributed by atoms with van der Waals surface area (Å²) in [7, 11) is 0. The molecule has 26 heavy (non-hydrogen) atoms. The van der Waals surface area contributed by atoms with Gasteiger partial charge in [-0.2, -0.15) is 5.10 Å². The van der Waals surface area contributed by atoms with Gasteiger partial charge in [0.05, 0.1) is 0 Å². The Hall–Kier alpha value is -2.60. The number of aromatic amines is 1. The number of H-pyrrole nitrogens is 1. The van der Waals surface area contributed by atoms with Gasteiger partial charge in [0, 0.05) is 39.8 Å². The maximum absolute atomic E-state index is 12.3. The highest BCUT2D eigenvalue weighted by atomic mass is 32.2. The minimum absolute atomic E-state index is 0.0708. The standard InChI is InChI=1S/C20H22N4OS/c1-20(2,3)18-11-17(23-24-18)19(25)22-15-6-8-16(9-7-15)26-13-14-5-4-10-21-12-14/h4-12H,13H2,1-3H3,(H,22,25)(H,23,24). The van der Waals surface area contributed by atoms with E-state index in [1.807, 2.05) is 36.5 Å². The average Bonchev–Trinajstić information content (AvgIpc) is 3.13. The predicted molar refractivity (Wildman–Crippen MR) is 105 cm³/mol. The fourth-order valence-electron chi connectivity index (χ4n) is 2.30. The molecular weight excluding hydrogens is 344 g/mol. The van der Waals surface area contributed by atoms with Gasteiger partial charge in [0.2, 0.25) is 0 Å². The molecule has 2 aromatic heterocycles. The first kappa shape index (κ1) is 18.2. The zero-order valence-corrected chi connectivity index (χ0v) is 15.9. The summed E-state index contributed by atoms with van der Waals surface area (Å²) in [5.41, 5.74) is 3.19. The van der Waals surface area contributed by atoms with Gasteiger partial charge in [-0.3, -0.25) is 14.9 Å². The summed E-state index contributed by atoms with van der Waals surface area (Å²) in [6.45, 7) is 6.22. The quantitative estimate of drug-likeness (QED) is 0.645. The minimum Gasteiger partial charge on any atom is -0.321 e. The van der Waals surface area contributed by atoms with Gasteiger partial charge in [0.15, 0.2) is 5.69 Å². The third-order valence-electron chi connectivity index (χ3n) is 3.86. The molecule has 3 rings (SSSR count). The molecule has 5 nitrogen and oxygen atoms in total. The molecule has 1 aromatic carbocycles. The van der Waals surface area contributed by atoms with Crippen LogP contribution in [0.4, 0.5) is 5.69 Å². The topological polar surface area (TPSA) is 70.7 Å². The van der Waals surface area contributed by atoms with E-state index >= 15 is 0 Å². The number of amides is 1. The van der Waals surface area contributed by atoms with Gasteiger partial charge in [-0.05, 0) is 42.0 Å². The van der Waals surface area contributed by atoms with Crippen molar-refractivity contribution in [3.63, 3.8) is 0 Å². The summed E-state index contributed by atoms with van der Waals surface area (Å²) < 4.78 is 0. The Bertz CT molecular complexity index is 867. The second-order valence-electron chi connectivity index (χ2n) is 7.05. The molecule has 2 N–H and O–H groups in total. The Morgan fingerprint density at radius 2 is 1.96 bits per heavy atom. The van der Waals surface area contributed by atoms with Crippen LogP contribution in [0, 0.1) is 0 Å². The number of rotatable bonds is 5. The van der Waals surface area contributed by atoms with Crippen molar-refractivity contribution in [1.29, 1.82) is 0 Å². The fraction of sp³-hybridized carbons (Fsp3) is 0.250. The first-order valence-electron chi connectivity index (χ1n) is 8.41. The monoisotopic (exact) mass is 366 g/mol. The number of hydrogen-bond donors (Lipinski definition) is 2. The zero-order valence-electron chi connectivity index (χ0n) is 15.1. The SMILES string of the molecule is CC(C)(C)c1cc(C(=O)Nc2ccc(SCc3cccnc3)cc2)n[nH]1. The molecule has 134 valence electrons.